The van der Waals surface area contributed by atoms with Crippen molar-refractivity contribution in [3.8, 4) is 28.4 Å². The summed E-state index contributed by atoms with van der Waals surface area (Å²) in [5, 5.41) is 9.38. The Balaban J connectivity index is 2.08. The van der Waals surface area contributed by atoms with E-state index >= 15 is 0 Å². The number of H-pyrrole nitrogens is 1. The summed E-state index contributed by atoms with van der Waals surface area (Å²) in [7, 11) is 1.55. The number of imidazole rings is 1. The second-order valence-corrected chi connectivity index (χ2v) is 4.85. The summed E-state index contributed by atoms with van der Waals surface area (Å²) in [4.78, 5) is 18.6. The summed E-state index contributed by atoms with van der Waals surface area (Å²) >= 11 is 0. The van der Waals surface area contributed by atoms with Crippen LogP contribution in [0.1, 0.15) is 10.5 Å². The van der Waals surface area contributed by atoms with E-state index in [9.17, 15) is 14.3 Å². The van der Waals surface area contributed by atoms with Crippen molar-refractivity contribution in [2.24, 2.45) is 0 Å². The fraction of sp³-hybridized carbons (Fsp3) is 0.0588. The van der Waals surface area contributed by atoms with Gasteiger partial charge in [0.1, 0.15) is 23.1 Å². The van der Waals surface area contributed by atoms with Gasteiger partial charge in [-0.2, -0.15) is 0 Å². The zero-order chi connectivity index (χ0) is 16.4. The van der Waals surface area contributed by atoms with Crippen molar-refractivity contribution < 1.29 is 19.0 Å². The zero-order valence-corrected chi connectivity index (χ0v) is 12.2. The third-order valence-electron chi connectivity index (χ3n) is 3.40. The maximum absolute atomic E-state index is 13.0. The van der Waals surface area contributed by atoms with Crippen LogP contribution in [0.4, 0.5) is 4.39 Å². The molecule has 0 unspecified atom stereocenters. The number of rotatable bonds is 4. The van der Waals surface area contributed by atoms with Crippen LogP contribution in [-0.4, -0.2) is 28.2 Å². The monoisotopic (exact) mass is 312 g/mol. The molecule has 0 radical (unpaired) electrons. The maximum atomic E-state index is 13.0. The molecule has 2 N–H and O–H groups in total. The van der Waals surface area contributed by atoms with Crippen molar-refractivity contribution >= 4 is 5.97 Å². The Morgan fingerprint density at radius 2 is 1.70 bits per heavy atom. The zero-order valence-electron chi connectivity index (χ0n) is 12.2. The minimum absolute atomic E-state index is 0.0190. The normalized spacial score (nSPS) is 10.5. The van der Waals surface area contributed by atoms with Gasteiger partial charge >= 0.3 is 5.97 Å². The molecule has 0 aliphatic carbocycles. The number of aromatic amines is 1. The number of methoxy groups -OCH3 is 1. The number of nitrogens with one attached hydrogen (secondary N) is 1. The molecule has 0 amide bonds. The van der Waals surface area contributed by atoms with E-state index in [1.54, 1.807) is 31.4 Å². The molecular weight excluding hydrogens is 299 g/mol. The summed E-state index contributed by atoms with van der Waals surface area (Å²) in [6, 6.07) is 12.6. The van der Waals surface area contributed by atoms with Crippen molar-refractivity contribution in [3.63, 3.8) is 0 Å². The van der Waals surface area contributed by atoms with Crippen LogP contribution in [0.3, 0.4) is 0 Å². The maximum Gasteiger partial charge on any atom is 0.354 e. The topological polar surface area (TPSA) is 75.2 Å². The van der Waals surface area contributed by atoms with Gasteiger partial charge in [0.05, 0.1) is 7.11 Å². The van der Waals surface area contributed by atoms with E-state index in [1.807, 2.05) is 0 Å². The van der Waals surface area contributed by atoms with Crippen molar-refractivity contribution in [2.45, 2.75) is 0 Å². The number of carboxylic acid groups (broad SMARTS) is 1. The summed E-state index contributed by atoms with van der Waals surface area (Å²) in [5.41, 5.74) is 1.55. The van der Waals surface area contributed by atoms with Crippen molar-refractivity contribution in [1.29, 1.82) is 0 Å². The van der Waals surface area contributed by atoms with Gasteiger partial charge in [-0.3, -0.25) is 0 Å². The number of aromatic nitrogens is 2. The first kappa shape index (κ1) is 14.8. The lowest BCUT2D eigenvalue weighted by atomic mass is 10.1. The molecule has 0 aliphatic rings. The second-order valence-electron chi connectivity index (χ2n) is 4.85. The van der Waals surface area contributed by atoms with Crippen LogP contribution in [-0.2, 0) is 0 Å². The van der Waals surface area contributed by atoms with Crippen LogP contribution >= 0.6 is 0 Å². The lowest BCUT2D eigenvalue weighted by Gasteiger charge is -2.01. The molecule has 116 valence electrons. The van der Waals surface area contributed by atoms with Gasteiger partial charge in [0.25, 0.3) is 0 Å². The number of carboxylic acids is 1. The first-order chi connectivity index (χ1) is 11.1. The number of aromatic carboxylic acids is 1. The highest BCUT2D eigenvalue weighted by Gasteiger charge is 2.18. The molecule has 0 spiro atoms. The lowest BCUT2D eigenvalue weighted by molar-refractivity contribution is 0.0692. The van der Waals surface area contributed by atoms with E-state index < -0.39 is 5.97 Å². The van der Waals surface area contributed by atoms with E-state index in [2.05, 4.69) is 9.97 Å². The molecule has 0 fully saturated rings. The standard InChI is InChI=1S/C17H13FN2O3/c1-23-13-8-4-10(5-9-13)14-15(17(21)22)20-16(19-14)11-2-6-12(18)7-3-11/h2-9H,1H3,(H,19,20)(H,21,22). The Hall–Kier alpha value is -3.15. The second kappa shape index (κ2) is 5.92. The van der Waals surface area contributed by atoms with Crippen LogP contribution in [0.15, 0.2) is 48.5 Å². The Kier molecular flexibility index (Phi) is 3.80. The summed E-state index contributed by atoms with van der Waals surface area (Å²) < 4.78 is 18.1. The number of hydrogen-bond acceptors (Lipinski definition) is 3. The molecule has 23 heavy (non-hydrogen) atoms. The third-order valence-corrected chi connectivity index (χ3v) is 3.40. The number of nitrogens with zero attached hydrogens (tertiary/aromatic N) is 1. The molecular formula is C17H13FN2O3. The molecule has 1 heterocycles. The van der Waals surface area contributed by atoms with Crippen LogP contribution in [0, 0.1) is 5.82 Å². The number of benzene rings is 2. The molecule has 0 bridgehead atoms. The van der Waals surface area contributed by atoms with Gasteiger partial charge in [0.15, 0.2) is 5.69 Å². The minimum atomic E-state index is -1.11. The van der Waals surface area contributed by atoms with Crippen LogP contribution in [0.5, 0.6) is 5.75 Å². The van der Waals surface area contributed by atoms with Gasteiger partial charge in [0.2, 0.25) is 0 Å². The summed E-state index contributed by atoms with van der Waals surface area (Å²) in [6.45, 7) is 0. The average Bonchev–Trinajstić information content (AvgIpc) is 3.01. The van der Waals surface area contributed by atoms with E-state index in [0.717, 1.165) is 0 Å². The summed E-state index contributed by atoms with van der Waals surface area (Å²) in [5.74, 6) is -0.445. The van der Waals surface area contributed by atoms with Crippen LogP contribution in [0.2, 0.25) is 0 Å². The number of hydrogen-bond donors (Lipinski definition) is 2. The largest absolute Gasteiger partial charge is 0.497 e. The highest BCUT2D eigenvalue weighted by Crippen LogP contribution is 2.27. The van der Waals surface area contributed by atoms with E-state index in [1.165, 1.54) is 24.3 Å². The molecule has 2 aromatic carbocycles. The minimum Gasteiger partial charge on any atom is -0.497 e. The highest BCUT2D eigenvalue weighted by molar-refractivity contribution is 5.94. The van der Waals surface area contributed by atoms with Gasteiger partial charge in [-0.15, -0.1) is 0 Å². The molecule has 3 aromatic rings. The molecule has 0 saturated heterocycles. The first-order valence-corrected chi connectivity index (χ1v) is 6.82. The van der Waals surface area contributed by atoms with Gasteiger partial charge in [-0.05, 0) is 48.5 Å². The predicted octanol–water partition coefficient (Wildman–Crippen LogP) is 3.59. The van der Waals surface area contributed by atoms with E-state index in [4.69, 9.17) is 4.74 Å². The summed E-state index contributed by atoms with van der Waals surface area (Å²) in [6.07, 6.45) is 0. The fourth-order valence-electron chi connectivity index (χ4n) is 2.23. The molecule has 6 heteroatoms. The van der Waals surface area contributed by atoms with Gasteiger partial charge in [-0.25, -0.2) is 14.2 Å². The van der Waals surface area contributed by atoms with Gasteiger partial charge in [0, 0.05) is 11.1 Å². The van der Waals surface area contributed by atoms with Crippen molar-refractivity contribution in [1.82, 2.24) is 9.97 Å². The quantitative estimate of drug-likeness (QED) is 0.772. The van der Waals surface area contributed by atoms with Crippen LogP contribution < -0.4 is 4.74 Å². The number of halogens is 1. The highest BCUT2D eigenvalue weighted by atomic mass is 19.1. The molecule has 5 nitrogen and oxygen atoms in total. The molecule has 0 aliphatic heterocycles. The predicted molar refractivity (Wildman–Crippen MR) is 82.9 cm³/mol. The van der Waals surface area contributed by atoms with Gasteiger partial charge in [-0.1, -0.05) is 0 Å². The van der Waals surface area contributed by atoms with E-state index in [0.29, 0.717) is 28.4 Å². The smallest absolute Gasteiger partial charge is 0.354 e. The SMILES string of the molecule is COc1ccc(-c2nc(-c3ccc(F)cc3)[nH]c2C(=O)O)cc1. The molecule has 0 saturated carbocycles. The lowest BCUT2D eigenvalue weighted by Crippen LogP contribution is -1.99. The fourth-order valence-corrected chi connectivity index (χ4v) is 2.23. The van der Waals surface area contributed by atoms with Crippen molar-refractivity contribution in [3.05, 3.63) is 60.0 Å². The first-order valence-electron chi connectivity index (χ1n) is 6.82. The molecule has 3 rings (SSSR count). The number of ether oxygens (including phenoxy) is 1. The number of carbonyl (C=O) groups is 1. The Morgan fingerprint density at radius 3 is 2.26 bits per heavy atom. The molecule has 0 atom stereocenters. The van der Waals surface area contributed by atoms with Crippen LogP contribution in [0.25, 0.3) is 22.6 Å². The Bertz CT molecular complexity index is 839. The Morgan fingerprint density at radius 1 is 1.09 bits per heavy atom. The van der Waals surface area contributed by atoms with Crippen molar-refractivity contribution in [2.75, 3.05) is 7.11 Å². The van der Waals surface area contributed by atoms with Gasteiger partial charge < -0.3 is 14.8 Å². The Labute approximate surface area is 131 Å². The molecule has 1 aromatic heterocycles. The van der Waals surface area contributed by atoms with E-state index in [-0.39, 0.29) is 11.5 Å². The average molecular weight is 312 g/mol. The third kappa shape index (κ3) is 2.91.